The van der Waals surface area contributed by atoms with Crippen molar-refractivity contribution < 1.29 is 27.8 Å². The van der Waals surface area contributed by atoms with Gasteiger partial charge in [0.05, 0.1) is 5.92 Å². The van der Waals surface area contributed by atoms with Crippen molar-refractivity contribution in [1.82, 2.24) is 0 Å². The lowest BCUT2D eigenvalue weighted by molar-refractivity contribution is -0.147. The zero-order valence-electron chi connectivity index (χ0n) is 16.5. The molecule has 0 aliphatic heterocycles. The van der Waals surface area contributed by atoms with Gasteiger partial charge in [0.2, 0.25) is 0 Å². The number of allylic oxidation sites excluding steroid dienone is 2. The molecule has 1 saturated carbocycles. The third-order valence-corrected chi connectivity index (χ3v) is 6.15. The van der Waals surface area contributed by atoms with E-state index in [4.69, 9.17) is 16.3 Å². The van der Waals surface area contributed by atoms with Crippen LogP contribution in [0, 0.1) is 24.2 Å². The number of ether oxygens (including phenoxy) is 1. The topological polar surface area (TPSA) is 46.5 Å². The largest absolute Gasteiger partial charge is 0.461 e. The average molecular weight is 439 g/mol. The van der Waals surface area contributed by atoms with E-state index in [9.17, 15) is 23.1 Å². The van der Waals surface area contributed by atoms with Crippen molar-refractivity contribution in [2.75, 3.05) is 6.61 Å². The number of hydrogen-bond acceptors (Lipinski definition) is 3. The normalized spacial score (nSPS) is 23.9. The van der Waals surface area contributed by atoms with Crippen LogP contribution in [0.3, 0.4) is 0 Å². The number of aliphatic hydroxyl groups is 1. The van der Waals surface area contributed by atoms with Crippen LogP contribution in [0.5, 0.6) is 0 Å². The summed E-state index contributed by atoms with van der Waals surface area (Å²) in [7, 11) is 0. The Morgan fingerprint density at radius 3 is 2.47 bits per heavy atom. The Morgan fingerprint density at radius 2 is 1.87 bits per heavy atom. The smallest absolute Gasteiger partial charge is 0.426 e. The van der Waals surface area contributed by atoms with Gasteiger partial charge in [0.25, 0.3) is 0 Å². The van der Waals surface area contributed by atoms with Crippen molar-refractivity contribution in [2.45, 2.75) is 26.6 Å². The first-order valence-electron chi connectivity index (χ1n) is 9.45. The Labute approximate surface area is 178 Å². The maximum atomic E-state index is 12.7. The molecule has 0 heterocycles. The molecule has 1 aliphatic rings. The SMILES string of the molecule is Cc1c(COC(=O)[C@H]2[C@@H](/C=C(\Cl)C(F)(F)F)[C@]2(C)CO)cccc1-c1ccccc1. The molecule has 30 heavy (non-hydrogen) atoms. The van der Waals surface area contributed by atoms with Crippen LogP contribution in [-0.4, -0.2) is 23.9 Å². The molecule has 2 aromatic rings. The standard InChI is InChI=1S/C23H22ClF3O3/c1-14-16(9-6-10-17(14)15-7-4-3-5-8-15)12-30-21(29)20-18(22(20,2)13-28)11-19(24)23(25,26)27/h3-11,18,20,28H,12-13H2,1-2H3/b19-11-/t18-,20-,22+/m1/s1. The molecule has 0 radical (unpaired) electrons. The van der Waals surface area contributed by atoms with Gasteiger partial charge in [-0.05, 0) is 29.2 Å². The van der Waals surface area contributed by atoms with E-state index < -0.39 is 41.0 Å². The average Bonchev–Trinajstić information content (AvgIpc) is 3.31. The second-order valence-electron chi connectivity index (χ2n) is 7.74. The monoisotopic (exact) mass is 438 g/mol. The number of hydrogen-bond donors (Lipinski definition) is 1. The minimum Gasteiger partial charge on any atom is -0.461 e. The van der Waals surface area contributed by atoms with Gasteiger partial charge in [-0.3, -0.25) is 4.79 Å². The second kappa shape index (κ2) is 8.44. The summed E-state index contributed by atoms with van der Waals surface area (Å²) in [6.45, 7) is 3.02. The molecule has 7 heteroatoms. The molecule has 0 unspecified atom stereocenters. The van der Waals surface area contributed by atoms with Crippen molar-refractivity contribution in [3.63, 3.8) is 0 Å². The summed E-state index contributed by atoms with van der Waals surface area (Å²) in [6, 6.07) is 15.4. The van der Waals surface area contributed by atoms with E-state index in [0.717, 1.165) is 28.3 Å². The lowest BCUT2D eigenvalue weighted by Crippen LogP contribution is -2.14. The van der Waals surface area contributed by atoms with Gasteiger partial charge in [-0.1, -0.05) is 73.1 Å². The number of benzene rings is 2. The first-order valence-corrected chi connectivity index (χ1v) is 9.83. The fourth-order valence-electron chi connectivity index (χ4n) is 3.77. The van der Waals surface area contributed by atoms with Crippen molar-refractivity contribution in [3.8, 4) is 11.1 Å². The van der Waals surface area contributed by atoms with Crippen molar-refractivity contribution in [2.24, 2.45) is 17.3 Å². The van der Waals surface area contributed by atoms with Crippen LogP contribution in [0.4, 0.5) is 13.2 Å². The molecule has 2 aromatic carbocycles. The van der Waals surface area contributed by atoms with E-state index >= 15 is 0 Å². The van der Waals surface area contributed by atoms with Crippen LogP contribution in [0.15, 0.2) is 59.6 Å². The Morgan fingerprint density at radius 1 is 1.20 bits per heavy atom. The molecule has 0 bridgehead atoms. The highest BCUT2D eigenvalue weighted by Gasteiger charge is 2.65. The number of aliphatic hydroxyl groups excluding tert-OH is 1. The van der Waals surface area contributed by atoms with Gasteiger partial charge >= 0.3 is 12.1 Å². The molecule has 1 N–H and O–H groups in total. The van der Waals surface area contributed by atoms with Crippen LogP contribution in [0.25, 0.3) is 11.1 Å². The summed E-state index contributed by atoms with van der Waals surface area (Å²) in [5.74, 6) is -2.36. The van der Waals surface area contributed by atoms with Crippen LogP contribution < -0.4 is 0 Å². The summed E-state index contributed by atoms with van der Waals surface area (Å²) in [4.78, 5) is 12.6. The van der Waals surface area contributed by atoms with Gasteiger partial charge in [0, 0.05) is 17.9 Å². The lowest BCUT2D eigenvalue weighted by atomic mass is 9.97. The number of esters is 1. The van der Waals surface area contributed by atoms with Gasteiger partial charge in [-0.2, -0.15) is 13.2 Å². The molecule has 1 aliphatic carbocycles. The maximum absolute atomic E-state index is 12.7. The summed E-state index contributed by atoms with van der Waals surface area (Å²) >= 11 is 5.32. The highest BCUT2D eigenvalue weighted by molar-refractivity contribution is 6.30. The summed E-state index contributed by atoms with van der Waals surface area (Å²) in [5.41, 5.74) is 2.77. The number of halogens is 4. The first kappa shape index (κ1) is 22.4. The Kier molecular flexibility index (Phi) is 6.29. The van der Waals surface area contributed by atoms with Crippen LogP contribution in [0.2, 0.25) is 0 Å². The fraction of sp³-hybridized carbons (Fsp3) is 0.348. The van der Waals surface area contributed by atoms with Crippen molar-refractivity contribution in [3.05, 3.63) is 70.8 Å². The van der Waals surface area contributed by atoms with Gasteiger partial charge in [-0.15, -0.1) is 0 Å². The highest BCUT2D eigenvalue weighted by atomic mass is 35.5. The fourth-order valence-corrected chi connectivity index (χ4v) is 3.90. The van der Waals surface area contributed by atoms with E-state index in [1.54, 1.807) is 6.92 Å². The molecule has 3 rings (SSSR count). The second-order valence-corrected chi connectivity index (χ2v) is 8.15. The van der Waals surface area contributed by atoms with Gasteiger partial charge in [0.15, 0.2) is 0 Å². The van der Waals surface area contributed by atoms with Crippen LogP contribution >= 0.6 is 11.6 Å². The number of rotatable bonds is 6. The van der Waals surface area contributed by atoms with Crippen LogP contribution in [-0.2, 0) is 16.1 Å². The van der Waals surface area contributed by atoms with Crippen LogP contribution in [0.1, 0.15) is 18.1 Å². The Bertz CT molecular complexity index is 956. The van der Waals surface area contributed by atoms with Gasteiger partial charge < -0.3 is 9.84 Å². The first-order chi connectivity index (χ1) is 14.1. The molecule has 1 fully saturated rings. The third-order valence-electron chi connectivity index (χ3n) is 5.81. The van der Waals surface area contributed by atoms with Gasteiger partial charge in [0.1, 0.15) is 11.6 Å². The van der Waals surface area contributed by atoms with E-state index in [-0.39, 0.29) is 6.61 Å². The number of carbonyl (C=O) groups is 1. The molecule has 0 saturated heterocycles. The molecule has 0 spiro atoms. The quantitative estimate of drug-likeness (QED) is 0.594. The minimum atomic E-state index is -4.69. The minimum absolute atomic E-state index is 0.00716. The Hall–Kier alpha value is -2.31. The molecular weight excluding hydrogens is 417 g/mol. The van der Waals surface area contributed by atoms with E-state index in [0.29, 0.717) is 0 Å². The zero-order chi connectivity index (χ0) is 22.1. The predicted molar refractivity (Wildman–Crippen MR) is 109 cm³/mol. The maximum Gasteiger partial charge on any atom is 0.426 e. The summed E-state index contributed by atoms with van der Waals surface area (Å²) in [5, 5.41) is 8.30. The molecule has 0 amide bonds. The van der Waals surface area contributed by atoms with E-state index in [1.165, 1.54) is 0 Å². The van der Waals surface area contributed by atoms with E-state index in [1.807, 2.05) is 55.5 Å². The molecular formula is C23H22ClF3O3. The lowest BCUT2D eigenvalue weighted by Gasteiger charge is -2.13. The molecule has 160 valence electrons. The van der Waals surface area contributed by atoms with E-state index in [2.05, 4.69) is 0 Å². The summed E-state index contributed by atoms with van der Waals surface area (Å²) in [6.07, 6.45) is -3.89. The number of alkyl halides is 3. The molecule has 3 nitrogen and oxygen atoms in total. The summed E-state index contributed by atoms with van der Waals surface area (Å²) < 4.78 is 43.6. The number of carbonyl (C=O) groups excluding carboxylic acids is 1. The Balaban J connectivity index is 1.73. The van der Waals surface area contributed by atoms with Crippen molar-refractivity contribution >= 4 is 17.6 Å². The van der Waals surface area contributed by atoms with Gasteiger partial charge in [-0.25, -0.2) is 0 Å². The molecule has 3 atom stereocenters. The third kappa shape index (κ3) is 4.40. The predicted octanol–water partition coefficient (Wildman–Crippen LogP) is 5.63. The van der Waals surface area contributed by atoms with Crippen molar-refractivity contribution in [1.29, 1.82) is 0 Å². The molecule has 0 aromatic heterocycles. The zero-order valence-corrected chi connectivity index (χ0v) is 17.3. The highest BCUT2D eigenvalue weighted by Crippen LogP contribution is 2.60.